The van der Waals surface area contributed by atoms with E-state index in [0.717, 1.165) is 31.3 Å². The monoisotopic (exact) mass is 306 g/mol. The third kappa shape index (κ3) is 3.07. The van der Waals surface area contributed by atoms with E-state index in [4.69, 9.17) is 4.74 Å². The Bertz CT molecular complexity index is 513. The molecule has 3 heterocycles. The normalized spacial score (nSPS) is 29.5. The van der Waals surface area contributed by atoms with Crippen molar-refractivity contribution in [2.75, 3.05) is 26.7 Å². The summed E-state index contributed by atoms with van der Waals surface area (Å²) in [6.45, 7) is 7.42. The van der Waals surface area contributed by atoms with Crippen LogP contribution in [0.2, 0.25) is 0 Å². The van der Waals surface area contributed by atoms with Crippen LogP contribution in [0, 0.1) is 13.8 Å². The lowest BCUT2D eigenvalue weighted by Crippen LogP contribution is -2.36. The first-order chi connectivity index (χ1) is 10.6. The summed E-state index contributed by atoms with van der Waals surface area (Å²) >= 11 is 0. The molecular formula is C17H30N4O. The predicted molar refractivity (Wildman–Crippen MR) is 88.1 cm³/mol. The third-order valence-corrected chi connectivity index (χ3v) is 5.50. The Morgan fingerprint density at radius 3 is 2.73 bits per heavy atom. The van der Waals surface area contributed by atoms with Gasteiger partial charge in [-0.05, 0) is 59.7 Å². The number of hydrogen-bond acceptors (Lipinski definition) is 4. The van der Waals surface area contributed by atoms with E-state index >= 15 is 0 Å². The summed E-state index contributed by atoms with van der Waals surface area (Å²) in [7, 11) is 4.26. The van der Waals surface area contributed by atoms with Gasteiger partial charge in [0.1, 0.15) is 6.10 Å². The molecule has 2 aliphatic rings. The van der Waals surface area contributed by atoms with Crippen LogP contribution in [0.25, 0.3) is 0 Å². The van der Waals surface area contributed by atoms with E-state index < -0.39 is 0 Å². The van der Waals surface area contributed by atoms with Gasteiger partial charge in [0.2, 0.25) is 0 Å². The van der Waals surface area contributed by atoms with E-state index in [0.29, 0.717) is 6.04 Å². The molecule has 2 saturated heterocycles. The minimum absolute atomic E-state index is 0.162. The summed E-state index contributed by atoms with van der Waals surface area (Å²) < 4.78 is 8.01. The van der Waals surface area contributed by atoms with Crippen LogP contribution in [0.4, 0.5) is 0 Å². The first-order valence-electron chi connectivity index (χ1n) is 8.63. The summed E-state index contributed by atoms with van der Waals surface area (Å²) in [4.78, 5) is 2.50. The van der Waals surface area contributed by atoms with Gasteiger partial charge >= 0.3 is 0 Å². The molecule has 0 amide bonds. The zero-order valence-electron chi connectivity index (χ0n) is 14.4. The lowest BCUT2D eigenvalue weighted by Gasteiger charge is -2.23. The van der Waals surface area contributed by atoms with Crippen LogP contribution in [-0.4, -0.2) is 53.5 Å². The Kier molecular flexibility index (Phi) is 4.85. The van der Waals surface area contributed by atoms with Crippen molar-refractivity contribution < 1.29 is 4.74 Å². The van der Waals surface area contributed by atoms with Crippen molar-refractivity contribution in [1.29, 1.82) is 0 Å². The molecule has 0 aromatic carbocycles. The van der Waals surface area contributed by atoms with Crippen molar-refractivity contribution >= 4 is 0 Å². The molecule has 5 nitrogen and oxygen atoms in total. The summed E-state index contributed by atoms with van der Waals surface area (Å²) in [6.07, 6.45) is 5.20. The van der Waals surface area contributed by atoms with E-state index in [1.54, 1.807) is 0 Å². The lowest BCUT2D eigenvalue weighted by atomic mass is 10.00. The highest BCUT2D eigenvalue weighted by atomic mass is 16.5. The van der Waals surface area contributed by atoms with Crippen LogP contribution in [-0.2, 0) is 11.8 Å². The number of nitrogens with one attached hydrogen (secondary N) is 1. The van der Waals surface area contributed by atoms with Gasteiger partial charge in [-0.3, -0.25) is 4.68 Å². The Labute approximate surface area is 134 Å². The minimum atomic E-state index is 0.162. The summed E-state index contributed by atoms with van der Waals surface area (Å²) in [5.74, 6) is 0. The Morgan fingerprint density at radius 1 is 1.27 bits per heavy atom. The second-order valence-corrected chi connectivity index (χ2v) is 6.91. The van der Waals surface area contributed by atoms with Crippen LogP contribution in [0.5, 0.6) is 0 Å². The largest absolute Gasteiger partial charge is 0.372 e. The predicted octanol–water partition coefficient (Wildman–Crippen LogP) is 1.94. The van der Waals surface area contributed by atoms with Crippen LogP contribution in [0.15, 0.2) is 0 Å². The molecule has 0 radical (unpaired) electrons. The number of hydrogen-bond donors (Lipinski definition) is 1. The highest BCUT2D eigenvalue weighted by Gasteiger charge is 2.33. The molecule has 1 aromatic rings. The van der Waals surface area contributed by atoms with Crippen molar-refractivity contribution in [3.05, 3.63) is 17.0 Å². The molecule has 3 rings (SSSR count). The van der Waals surface area contributed by atoms with Gasteiger partial charge in [-0.25, -0.2) is 0 Å². The molecule has 22 heavy (non-hydrogen) atoms. The fourth-order valence-corrected chi connectivity index (χ4v) is 4.06. The van der Waals surface area contributed by atoms with Gasteiger partial charge in [0, 0.05) is 37.0 Å². The van der Waals surface area contributed by atoms with Crippen molar-refractivity contribution in [2.24, 2.45) is 7.05 Å². The van der Waals surface area contributed by atoms with E-state index in [-0.39, 0.29) is 6.10 Å². The second kappa shape index (κ2) is 6.69. The van der Waals surface area contributed by atoms with Gasteiger partial charge in [-0.15, -0.1) is 0 Å². The standard InChI is InChI=1S/C17H30N4O/c1-12-16(13(2)21(4)19-12)17-15(8-11-22-17)18-9-7-14-6-5-10-20(14)3/h14-15,17-18H,5-11H2,1-4H3/t14-,15+,17+/m1/s1. The molecular weight excluding hydrogens is 276 g/mol. The van der Waals surface area contributed by atoms with Crippen molar-refractivity contribution in [3.63, 3.8) is 0 Å². The fraction of sp³-hybridized carbons (Fsp3) is 0.824. The average Bonchev–Trinajstić information content (AvgIpc) is 3.14. The molecule has 1 N–H and O–H groups in total. The van der Waals surface area contributed by atoms with Crippen molar-refractivity contribution in [1.82, 2.24) is 20.0 Å². The maximum absolute atomic E-state index is 6.04. The molecule has 1 aromatic heterocycles. The maximum Gasteiger partial charge on any atom is 0.101 e. The maximum atomic E-state index is 6.04. The number of ether oxygens (including phenoxy) is 1. The number of nitrogens with zero attached hydrogens (tertiary/aromatic N) is 3. The summed E-state index contributed by atoms with van der Waals surface area (Å²) in [5, 5.41) is 8.30. The minimum Gasteiger partial charge on any atom is -0.372 e. The molecule has 0 spiro atoms. The van der Waals surface area contributed by atoms with Gasteiger partial charge in [-0.2, -0.15) is 5.10 Å². The number of aryl methyl sites for hydroxylation is 2. The number of likely N-dealkylation sites (tertiary alicyclic amines) is 1. The van der Waals surface area contributed by atoms with Crippen LogP contribution >= 0.6 is 0 Å². The van der Waals surface area contributed by atoms with E-state index in [1.165, 1.54) is 37.1 Å². The summed E-state index contributed by atoms with van der Waals surface area (Å²) in [5.41, 5.74) is 3.62. The highest BCUT2D eigenvalue weighted by Crippen LogP contribution is 2.33. The SMILES string of the molecule is Cc1nn(C)c(C)c1[C@H]1OCC[C@@H]1NCC[C@H]1CCCN1C. The van der Waals surface area contributed by atoms with E-state index in [1.807, 2.05) is 11.7 Å². The average molecular weight is 306 g/mol. The molecule has 124 valence electrons. The van der Waals surface area contributed by atoms with Crippen LogP contribution in [0.3, 0.4) is 0 Å². The first-order valence-corrected chi connectivity index (χ1v) is 8.63. The number of aromatic nitrogens is 2. The molecule has 0 aliphatic carbocycles. The van der Waals surface area contributed by atoms with Gasteiger partial charge < -0.3 is 15.0 Å². The molecule has 2 aliphatic heterocycles. The molecule has 3 atom stereocenters. The molecule has 2 fully saturated rings. The third-order valence-electron chi connectivity index (χ3n) is 5.50. The van der Waals surface area contributed by atoms with Crippen molar-refractivity contribution in [3.8, 4) is 0 Å². The zero-order chi connectivity index (χ0) is 15.7. The molecule has 0 saturated carbocycles. The smallest absolute Gasteiger partial charge is 0.101 e. The Balaban J connectivity index is 1.59. The van der Waals surface area contributed by atoms with Gasteiger partial charge in [0.05, 0.1) is 5.69 Å². The van der Waals surface area contributed by atoms with Gasteiger partial charge in [0.25, 0.3) is 0 Å². The Hall–Kier alpha value is -0.910. The Morgan fingerprint density at radius 2 is 2.09 bits per heavy atom. The van der Waals surface area contributed by atoms with E-state index in [2.05, 4.69) is 36.2 Å². The lowest BCUT2D eigenvalue weighted by molar-refractivity contribution is 0.0973. The molecule has 5 heteroatoms. The summed E-state index contributed by atoms with van der Waals surface area (Å²) in [6, 6.07) is 1.18. The van der Waals surface area contributed by atoms with Crippen molar-refractivity contribution in [2.45, 2.75) is 57.7 Å². The quantitative estimate of drug-likeness (QED) is 0.903. The number of rotatable bonds is 5. The van der Waals surface area contributed by atoms with E-state index in [9.17, 15) is 0 Å². The zero-order valence-corrected chi connectivity index (χ0v) is 14.4. The van der Waals surface area contributed by atoms with Gasteiger partial charge in [0.15, 0.2) is 0 Å². The molecule has 0 unspecified atom stereocenters. The fourth-order valence-electron chi connectivity index (χ4n) is 4.06. The molecule has 0 bridgehead atoms. The highest BCUT2D eigenvalue weighted by molar-refractivity contribution is 5.29. The first kappa shape index (κ1) is 16.0. The second-order valence-electron chi connectivity index (χ2n) is 6.91. The van der Waals surface area contributed by atoms with Crippen LogP contribution in [0.1, 0.15) is 48.7 Å². The van der Waals surface area contributed by atoms with Gasteiger partial charge in [-0.1, -0.05) is 0 Å². The topological polar surface area (TPSA) is 42.3 Å². The van der Waals surface area contributed by atoms with Crippen LogP contribution < -0.4 is 5.32 Å².